The van der Waals surface area contributed by atoms with Crippen molar-refractivity contribution in [2.24, 2.45) is 0 Å². The first-order chi connectivity index (χ1) is 10.6. The molecule has 6 nitrogen and oxygen atoms in total. The van der Waals surface area contributed by atoms with Crippen LogP contribution in [0.5, 0.6) is 0 Å². The summed E-state index contributed by atoms with van der Waals surface area (Å²) in [5.41, 5.74) is 1.98. The van der Waals surface area contributed by atoms with Gasteiger partial charge < -0.3 is 15.0 Å². The van der Waals surface area contributed by atoms with Gasteiger partial charge in [-0.05, 0) is 24.6 Å². The second kappa shape index (κ2) is 6.41. The van der Waals surface area contributed by atoms with Gasteiger partial charge in [0.1, 0.15) is 5.82 Å². The summed E-state index contributed by atoms with van der Waals surface area (Å²) < 4.78 is 5.38. The van der Waals surface area contributed by atoms with E-state index in [1.807, 2.05) is 19.2 Å². The van der Waals surface area contributed by atoms with Crippen LogP contribution in [0.1, 0.15) is 12.6 Å². The zero-order valence-electron chi connectivity index (χ0n) is 12.6. The average Bonchev–Trinajstić information content (AvgIpc) is 2.88. The topological polar surface area (TPSA) is 67.4 Å². The van der Waals surface area contributed by atoms with Crippen molar-refractivity contribution in [3.8, 4) is 10.4 Å². The molecule has 1 aliphatic rings. The Kier molecular flexibility index (Phi) is 4.35. The number of carbonyl (C=O) groups is 1. The Balaban J connectivity index is 1.88. The SMILES string of the molecule is CC(=O)Nc1nc(C)c(-c2ccnc(N3CCOCC3)c2)s1. The van der Waals surface area contributed by atoms with Gasteiger partial charge >= 0.3 is 0 Å². The highest BCUT2D eigenvalue weighted by molar-refractivity contribution is 7.19. The lowest BCUT2D eigenvalue weighted by Gasteiger charge is -2.27. The Labute approximate surface area is 133 Å². The fraction of sp³-hybridized carbons (Fsp3) is 0.400. The second-order valence-electron chi connectivity index (χ2n) is 5.12. The number of morpholine rings is 1. The molecule has 0 bridgehead atoms. The first-order valence-corrected chi connectivity index (χ1v) is 7.99. The van der Waals surface area contributed by atoms with Crippen LogP contribution in [0, 0.1) is 6.92 Å². The molecule has 0 spiro atoms. The Morgan fingerprint density at radius 3 is 2.91 bits per heavy atom. The van der Waals surface area contributed by atoms with Crippen molar-refractivity contribution in [3.05, 3.63) is 24.0 Å². The average molecular weight is 318 g/mol. The van der Waals surface area contributed by atoms with Crippen LogP contribution in [0.25, 0.3) is 10.4 Å². The van der Waals surface area contributed by atoms with Crippen molar-refractivity contribution in [1.29, 1.82) is 0 Å². The number of ether oxygens (including phenoxy) is 1. The van der Waals surface area contributed by atoms with Crippen LogP contribution in [0.3, 0.4) is 0 Å². The Hall–Kier alpha value is -1.99. The van der Waals surface area contributed by atoms with Crippen LogP contribution in [-0.4, -0.2) is 42.2 Å². The highest BCUT2D eigenvalue weighted by atomic mass is 32.1. The van der Waals surface area contributed by atoms with Crippen molar-refractivity contribution in [2.45, 2.75) is 13.8 Å². The lowest BCUT2D eigenvalue weighted by atomic mass is 10.2. The number of nitrogens with zero attached hydrogens (tertiary/aromatic N) is 3. The molecule has 1 N–H and O–H groups in total. The summed E-state index contributed by atoms with van der Waals surface area (Å²) in [6.07, 6.45) is 1.82. The van der Waals surface area contributed by atoms with Gasteiger partial charge in [-0.3, -0.25) is 4.79 Å². The Bertz CT molecular complexity index is 680. The Morgan fingerprint density at radius 2 is 2.18 bits per heavy atom. The number of rotatable bonds is 3. The number of pyridine rings is 1. The number of anilines is 2. The molecule has 0 radical (unpaired) electrons. The van der Waals surface area contributed by atoms with E-state index in [1.54, 1.807) is 0 Å². The Morgan fingerprint density at radius 1 is 1.41 bits per heavy atom. The lowest BCUT2D eigenvalue weighted by Crippen LogP contribution is -2.36. The van der Waals surface area contributed by atoms with Gasteiger partial charge in [-0.2, -0.15) is 0 Å². The number of aromatic nitrogens is 2. The molecule has 2 aromatic rings. The third-order valence-corrected chi connectivity index (χ3v) is 4.54. The fourth-order valence-electron chi connectivity index (χ4n) is 2.39. The van der Waals surface area contributed by atoms with Crippen LogP contribution in [0.2, 0.25) is 0 Å². The van der Waals surface area contributed by atoms with Crippen LogP contribution in [-0.2, 0) is 9.53 Å². The first kappa shape index (κ1) is 14.9. The number of carbonyl (C=O) groups excluding carboxylic acids is 1. The third kappa shape index (κ3) is 3.26. The number of nitrogens with one attached hydrogen (secondary N) is 1. The van der Waals surface area contributed by atoms with E-state index < -0.39 is 0 Å². The maximum atomic E-state index is 11.2. The van der Waals surface area contributed by atoms with E-state index in [2.05, 4.69) is 26.3 Å². The number of thiazole rings is 1. The van der Waals surface area contributed by atoms with E-state index in [0.29, 0.717) is 5.13 Å². The maximum Gasteiger partial charge on any atom is 0.223 e. The zero-order valence-corrected chi connectivity index (χ0v) is 13.4. The van der Waals surface area contributed by atoms with Gasteiger partial charge in [0.25, 0.3) is 0 Å². The van der Waals surface area contributed by atoms with E-state index in [9.17, 15) is 4.79 Å². The lowest BCUT2D eigenvalue weighted by molar-refractivity contribution is -0.114. The minimum absolute atomic E-state index is 0.107. The van der Waals surface area contributed by atoms with Gasteiger partial charge in [-0.1, -0.05) is 11.3 Å². The van der Waals surface area contributed by atoms with E-state index in [4.69, 9.17) is 4.74 Å². The molecular weight excluding hydrogens is 300 g/mol. The van der Waals surface area contributed by atoms with Crippen molar-refractivity contribution in [1.82, 2.24) is 9.97 Å². The van der Waals surface area contributed by atoms with E-state index in [0.717, 1.165) is 48.3 Å². The second-order valence-corrected chi connectivity index (χ2v) is 6.12. The molecule has 2 aromatic heterocycles. The highest BCUT2D eigenvalue weighted by Gasteiger charge is 2.15. The van der Waals surface area contributed by atoms with Gasteiger partial charge in [0.2, 0.25) is 5.91 Å². The number of hydrogen-bond donors (Lipinski definition) is 1. The molecule has 0 saturated carbocycles. The smallest absolute Gasteiger partial charge is 0.223 e. The third-order valence-electron chi connectivity index (χ3n) is 3.42. The van der Waals surface area contributed by atoms with Crippen LogP contribution < -0.4 is 10.2 Å². The van der Waals surface area contributed by atoms with Crippen LogP contribution >= 0.6 is 11.3 Å². The summed E-state index contributed by atoms with van der Waals surface area (Å²) in [7, 11) is 0. The fourth-order valence-corrected chi connectivity index (χ4v) is 3.40. The van der Waals surface area contributed by atoms with E-state index in [1.165, 1.54) is 18.3 Å². The highest BCUT2D eigenvalue weighted by Crippen LogP contribution is 2.33. The number of aryl methyl sites for hydroxylation is 1. The molecule has 3 rings (SSSR count). The standard InChI is InChI=1S/C15H18N4O2S/c1-10-14(22-15(17-10)18-11(2)20)12-3-4-16-13(9-12)19-5-7-21-8-6-19/h3-4,9H,5-8H2,1-2H3,(H,17,18,20). The molecule has 3 heterocycles. The minimum Gasteiger partial charge on any atom is -0.378 e. The van der Waals surface area contributed by atoms with Gasteiger partial charge in [-0.15, -0.1) is 0 Å². The van der Waals surface area contributed by atoms with Crippen LogP contribution in [0.4, 0.5) is 10.9 Å². The minimum atomic E-state index is -0.107. The summed E-state index contributed by atoms with van der Waals surface area (Å²) in [6.45, 7) is 6.62. The predicted molar refractivity (Wildman–Crippen MR) is 87.4 cm³/mol. The molecule has 0 aromatic carbocycles. The summed E-state index contributed by atoms with van der Waals surface area (Å²) in [4.78, 5) is 23.3. The molecule has 22 heavy (non-hydrogen) atoms. The maximum absolute atomic E-state index is 11.2. The van der Waals surface area contributed by atoms with Crippen molar-refractivity contribution in [3.63, 3.8) is 0 Å². The van der Waals surface area contributed by atoms with Gasteiger partial charge in [-0.25, -0.2) is 9.97 Å². The number of amides is 1. The summed E-state index contributed by atoms with van der Waals surface area (Å²) in [6, 6.07) is 4.05. The molecule has 0 aliphatic carbocycles. The first-order valence-electron chi connectivity index (χ1n) is 7.17. The number of hydrogen-bond acceptors (Lipinski definition) is 6. The van der Waals surface area contributed by atoms with Crippen LogP contribution in [0.15, 0.2) is 18.3 Å². The van der Waals surface area contributed by atoms with Crippen molar-refractivity contribution < 1.29 is 9.53 Å². The molecule has 1 fully saturated rings. The monoisotopic (exact) mass is 318 g/mol. The summed E-state index contributed by atoms with van der Waals surface area (Å²) >= 11 is 1.48. The molecular formula is C15H18N4O2S. The summed E-state index contributed by atoms with van der Waals surface area (Å²) in [5, 5.41) is 3.37. The predicted octanol–water partition coefficient (Wildman–Crippen LogP) is 2.31. The van der Waals surface area contributed by atoms with E-state index >= 15 is 0 Å². The molecule has 0 atom stereocenters. The molecule has 1 saturated heterocycles. The zero-order chi connectivity index (χ0) is 15.5. The molecule has 1 aliphatic heterocycles. The van der Waals surface area contributed by atoms with Crippen molar-refractivity contribution >= 4 is 28.2 Å². The van der Waals surface area contributed by atoms with Gasteiger partial charge in [0, 0.05) is 26.2 Å². The van der Waals surface area contributed by atoms with Gasteiger partial charge in [0.05, 0.1) is 23.8 Å². The molecule has 7 heteroatoms. The quantitative estimate of drug-likeness (QED) is 0.940. The summed E-state index contributed by atoms with van der Waals surface area (Å²) in [5.74, 6) is 0.846. The normalized spacial score (nSPS) is 14.9. The van der Waals surface area contributed by atoms with E-state index in [-0.39, 0.29) is 5.91 Å². The molecule has 116 valence electrons. The largest absolute Gasteiger partial charge is 0.378 e. The molecule has 0 unspecified atom stereocenters. The van der Waals surface area contributed by atoms with Gasteiger partial charge in [0.15, 0.2) is 5.13 Å². The molecule has 1 amide bonds. The van der Waals surface area contributed by atoms with Crippen molar-refractivity contribution in [2.75, 3.05) is 36.5 Å².